The van der Waals surface area contributed by atoms with Crippen molar-refractivity contribution in [1.29, 1.82) is 0 Å². The monoisotopic (exact) mass is 244 g/mol. The van der Waals surface area contributed by atoms with E-state index in [1.807, 2.05) is 32.3 Å². The summed E-state index contributed by atoms with van der Waals surface area (Å²) in [7, 11) is 3.75. The van der Waals surface area contributed by atoms with Crippen LogP contribution in [0.4, 0.5) is 0 Å². The Hall–Kier alpha value is -1.87. The summed E-state index contributed by atoms with van der Waals surface area (Å²) in [5, 5.41) is 2.75. The SMILES string of the molecule is C=CC1=C(N=C)Oc2ccccc2CC1.CNC. The normalized spacial score (nSPS) is 13.4. The van der Waals surface area contributed by atoms with Crippen LogP contribution in [0, 0.1) is 0 Å². The van der Waals surface area contributed by atoms with E-state index in [1.165, 1.54) is 5.56 Å². The van der Waals surface area contributed by atoms with Crippen molar-refractivity contribution in [2.24, 2.45) is 4.99 Å². The average molecular weight is 244 g/mol. The van der Waals surface area contributed by atoms with Gasteiger partial charge in [0.15, 0.2) is 0 Å². The number of hydrogen-bond acceptors (Lipinski definition) is 3. The van der Waals surface area contributed by atoms with E-state index in [0.29, 0.717) is 5.88 Å². The Labute approximate surface area is 109 Å². The molecule has 3 heteroatoms. The van der Waals surface area contributed by atoms with Gasteiger partial charge in [0.2, 0.25) is 5.88 Å². The van der Waals surface area contributed by atoms with Crippen LogP contribution in [0.15, 0.2) is 53.4 Å². The number of nitrogens with one attached hydrogen (secondary N) is 1. The molecule has 3 nitrogen and oxygen atoms in total. The lowest BCUT2D eigenvalue weighted by Gasteiger charge is -2.06. The van der Waals surface area contributed by atoms with Gasteiger partial charge in [-0.1, -0.05) is 30.9 Å². The third-order valence-corrected chi connectivity index (χ3v) is 2.51. The molecule has 0 saturated carbocycles. The highest BCUT2D eigenvalue weighted by Gasteiger charge is 2.13. The third kappa shape index (κ3) is 3.57. The van der Waals surface area contributed by atoms with Crippen molar-refractivity contribution >= 4 is 6.72 Å². The van der Waals surface area contributed by atoms with Crippen molar-refractivity contribution in [3.05, 3.63) is 53.9 Å². The average Bonchev–Trinajstić information content (AvgIpc) is 2.58. The van der Waals surface area contributed by atoms with E-state index in [1.54, 1.807) is 6.08 Å². The van der Waals surface area contributed by atoms with Crippen LogP contribution >= 0.6 is 0 Å². The fourth-order valence-electron chi connectivity index (χ4n) is 1.68. The maximum absolute atomic E-state index is 5.69. The van der Waals surface area contributed by atoms with E-state index in [9.17, 15) is 0 Å². The third-order valence-electron chi connectivity index (χ3n) is 2.51. The Kier molecular flexibility index (Phi) is 5.88. The summed E-state index contributed by atoms with van der Waals surface area (Å²) < 4.78 is 5.69. The largest absolute Gasteiger partial charge is 0.438 e. The summed E-state index contributed by atoms with van der Waals surface area (Å²) >= 11 is 0. The van der Waals surface area contributed by atoms with Crippen LogP contribution in [0.25, 0.3) is 0 Å². The molecule has 1 aliphatic heterocycles. The lowest BCUT2D eigenvalue weighted by atomic mass is 10.1. The summed E-state index contributed by atoms with van der Waals surface area (Å²) in [4.78, 5) is 3.89. The van der Waals surface area contributed by atoms with Crippen LogP contribution < -0.4 is 10.1 Å². The van der Waals surface area contributed by atoms with Gasteiger partial charge in [0.1, 0.15) is 5.75 Å². The van der Waals surface area contributed by atoms with E-state index in [-0.39, 0.29) is 0 Å². The van der Waals surface area contributed by atoms with E-state index in [4.69, 9.17) is 4.74 Å². The van der Waals surface area contributed by atoms with Gasteiger partial charge < -0.3 is 10.1 Å². The van der Waals surface area contributed by atoms with Gasteiger partial charge in [0, 0.05) is 5.57 Å². The fraction of sp³-hybridized carbons (Fsp3) is 0.267. The molecule has 0 unspecified atom stereocenters. The van der Waals surface area contributed by atoms with E-state index >= 15 is 0 Å². The molecule has 1 aromatic rings. The second-order valence-corrected chi connectivity index (χ2v) is 3.90. The van der Waals surface area contributed by atoms with Crippen LogP contribution in [0.5, 0.6) is 5.75 Å². The van der Waals surface area contributed by atoms with Crippen LogP contribution in [-0.2, 0) is 6.42 Å². The van der Waals surface area contributed by atoms with Crippen LogP contribution in [0.2, 0.25) is 0 Å². The highest BCUT2D eigenvalue weighted by atomic mass is 16.5. The molecule has 1 aliphatic rings. The molecule has 0 radical (unpaired) electrons. The van der Waals surface area contributed by atoms with Gasteiger partial charge in [0.25, 0.3) is 0 Å². The zero-order valence-electron chi connectivity index (χ0n) is 11.1. The zero-order chi connectivity index (χ0) is 13.4. The summed E-state index contributed by atoms with van der Waals surface area (Å²) in [6.45, 7) is 7.28. The molecule has 0 atom stereocenters. The molecule has 1 N–H and O–H groups in total. The number of ether oxygens (including phenoxy) is 1. The summed E-state index contributed by atoms with van der Waals surface area (Å²) in [5.41, 5.74) is 2.22. The standard InChI is InChI=1S/C13H13NO.C2H7N/c1-3-10-8-9-11-6-4-5-7-12(11)15-13(10)14-2;1-3-2/h3-7H,1-2,8-9H2;3H,1-2H3. The lowest BCUT2D eigenvalue weighted by Crippen LogP contribution is -1.94. The lowest BCUT2D eigenvalue weighted by molar-refractivity contribution is 0.417. The number of fused-ring (bicyclic) bond motifs is 1. The fourth-order valence-corrected chi connectivity index (χ4v) is 1.68. The van der Waals surface area contributed by atoms with Gasteiger partial charge in [-0.15, -0.1) is 0 Å². The minimum atomic E-state index is 0.579. The molecule has 18 heavy (non-hydrogen) atoms. The Morgan fingerprint density at radius 2 is 1.94 bits per heavy atom. The van der Waals surface area contributed by atoms with Gasteiger partial charge in [-0.25, -0.2) is 4.99 Å². The first-order valence-corrected chi connectivity index (χ1v) is 5.93. The van der Waals surface area contributed by atoms with Crippen molar-refractivity contribution in [2.75, 3.05) is 14.1 Å². The van der Waals surface area contributed by atoms with E-state index in [0.717, 1.165) is 24.2 Å². The van der Waals surface area contributed by atoms with Gasteiger partial charge in [-0.2, -0.15) is 0 Å². The van der Waals surface area contributed by atoms with Gasteiger partial charge in [-0.3, -0.25) is 0 Å². The van der Waals surface area contributed by atoms with Crippen molar-refractivity contribution in [2.45, 2.75) is 12.8 Å². The molecule has 0 spiro atoms. The Morgan fingerprint density at radius 3 is 2.56 bits per heavy atom. The minimum absolute atomic E-state index is 0.579. The van der Waals surface area contributed by atoms with Crippen LogP contribution in [-0.4, -0.2) is 20.8 Å². The highest BCUT2D eigenvalue weighted by molar-refractivity contribution is 5.41. The number of allylic oxidation sites excluding steroid dienone is 2. The number of rotatable bonds is 2. The number of benzene rings is 1. The first-order chi connectivity index (χ1) is 8.76. The van der Waals surface area contributed by atoms with E-state index in [2.05, 4.69) is 29.7 Å². The smallest absolute Gasteiger partial charge is 0.221 e. The molecule has 0 amide bonds. The maximum atomic E-state index is 5.69. The topological polar surface area (TPSA) is 33.6 Å². The second kappa shape index (κ2) is 7.45. The van der Waals surface area contributed by atoms with Gasteiger partial charge in [-0.05, 0) is 45.3 Å². The quantitative estimate of drug-likeness (QED) is 0.811. The molecule has 0 fully saturated rings. The Morgan fingerprint density at radius 1 is 1.28 bits per heavy atom. The number of hydrogen-bond donors (Lipinski definition) is 1. The highest BCUT2D eigenvalue weighted by Crippen LogP contribution is 2.29. The second-order valence-electron chi connectivity index (χ2n) is 3.90. The molecule has 1 aromatic carbocycles. The predicted molar refractivity (Wildman–Crippen MR) is 77.1 cm³/mol. The Bertz CT molecular complexity index is 450. The molecule has 0 aliphatic carbocycles. The van der Waals surface area contributed by atoms with Crippen molar-refractivity contribution < 1.29 is 4.74 Å². The molecular formula is C15H20N2O. The predicted octanol–water partition coefficient (Wildman–Crippen LogP) is 2.95. The van der Waals surface area contributed by atoms with E-state index < -0.39 is 0 Å². The molecule has 1 heterocycles. The first-order valence-electron chi connectivity index (χ1n) is 5.93. The number of aryl methyl sites for hydroxylation is 1. The Balaban J connectivity index is 0.000000492. The summed E-state index contributed by atoms with van der Waals surface area (Å²) in [6, 6.07) is 8.00. The minimum Gasteiger partial charge on any atom is -0.438 e. The van der Waals surface area contributed by atoms with Crippen molar-refractivity contribution in [1.82, 2.24) is 5.32 Å². The van der Waals surface area contributed by atoms with Crippen molar-refractivity contribution in [3.8, 4) is 5.75 Å². The zero-order valence-corrected chi connectivity index (χ0v) is 11.1. The van der Waals surface area contributed by atoms with Crippen LogP contribution in [0.1, 0.15) is 12.0 Å². The first kappa shape index (κ1) is 14.2. The molecule has 2 rings (SSSR count). The summed E-state index contributed by atoms with van der Waals surface area (Å²) in [5.74, 6) is 1.45. The molecule has 0 aromatic heterocycles. The molecule has 0 bridgehead atoms. The number of nitrogens with zero attached hydrogens (tertiary/aromatic N) is 1. The van der Waals surface area contributed by atoms with Crippen LogP contribution in [0.3, 0.4) is 0 Å². The summed E-state index contributed by atoms with van der Waals surface area (Å²) in [6.07, 6.45) is 3.64. The van der Waals surface area contributed by atoms with Gasteiger partial charge >= 0.3 is 0 Å². The number of para-hydroxylation sites is 1. The molecule has 96 valence electrons. The maximum Gasteiger partial charge on any atom is 0.221 e. The van der Waals surface area contributed by atoms with Crippen molar-refractivity contribution in [3.63, 3.8) is 0 Å². The molecule has 0 saturated heterocycles. The molecular weight excluding hydrogens is 224 g/mol. The number of aliphatic imine (C=N–C) groups is 1. The van der Waals surface area contributed by atoms with Gasteiger partial charge in [0.05, 0.1) is 0 Å².